The highest BCUT2D eigenvalue weighted by Crippen LogP contribution is 2.32. The van der Waals surface area contributed by atoms with E-state index < -0.39 is 28.1 Å². The zero-order chi connectivity index (χ0) is 24.7. The topological polar surface area (TPSA) is 103 Å². The van der Waals surface area contributed by atoms with Gasteiger partial charge in [0.25, 0.3) is 11.6 Å². The van der Waals surface area contributed by atoms with Gasteiger partial charge in [-0.1, -0.05) is 12.1 Å². The normalized spacial score (nSPS) is 11.3. The summed E-state index contributed by atoms with van der Waals surface area (Å²) < 4.78 is 50.2. The summed E-state index contributed by atoms with van der Waals surface area (Å²) in [5.41, 5.74) is 1.65. The van der Waals surface area contributed by atoms with E-state index in [0.717, 1.165) is 12.1 Å². The van der Waals surface area contributed by atoms with Crippen LogP contribution in [0, 0.1) is 10.1 Å². The summed E-state index contributed by atoms with van der Waals surface area (Å²) in [5.74, 6) is -0.264. The smallest absolute Gasteiger partial charge is 0.417 e. The van der Waals surface area contributed by atoms with Crippen LogP contribution in [0.15, 0.2) is 71.8 Å². The summed E-state index contributed by atoms with van der Waals surface area (Å²) in [6.45, 7) is 0.135. The van der Waals surface area contributed by atoms with Gasteiger partial charge in [0.1, 0.15) is 6.61 Å². The van der Waals surface area contributed by atoms with E-state index in [9.17, 15) is 28.1 Å². The minimum atomic E-state index is -4.67. The van der Waals surface area contributed by atoms with E-state index in [1.807, 2.05) is 0 Å². The van der Waals surface area contributed by atoms with E-state index in [1.54, 1.807) is 30.3 Å². The lowest BCUT2D eigenvalue weighted by Gasteiger charge is -2.12. The summed E-state index contributed by atoms with van der Waals surface area (Å²) in [4.78, 5) is 22.4. The zero-order valence-electron chi connectivity index (χ0n) is 17.7. The number of alkyl halides is 3. The first-order valence-electron chi connectivity index (χ1n) is 9.73. The van der Waals surface area contributed by atoms with Gasteiger partial charge in [0.2, 0.25) is 0 Å². The monoisotopic (exact) mass is 473 g/mol. The van der Waals surface area contributed by atoms with Crippen LogP contribution in [0.5, 0.6) is 11.5 Å². The van der Waals surface area contributed by atoms with Gasteiger partial charge in [-0.15, -0.1) is 0 Å². The number of rotatable bonds is 8. The average molecular weight is 473 g/mol. The van der Waals surface area contributed by atoms with Crippen molar-refractivity contribution >= 4 is 17.8 Å². The number of nitrogens with zero attached hydrogens (tertiary/aromatic N) is 2. The highest BCUT2D eigenvalue weighted by Gasteiger charge is 2.34. The van der Waals surface area contributed by atoms with Crippen molar-refractivity contribution in [2.45, 2.75) is 12.8 Å². The molecular weight excluding hydrogens is 455 g/mol. The number of hydrazone groups is 1. The van der Waals surface area contributed by atoms with Gasteiger partial charge in [0.15, 0.2) is 11.5 Å². The summed E-state index contributed by atoms with van der Waals surface area (Å²) in [6.07, 6.45) is -3.42. The minimum Gasteiger partial charge on any atom is -0.493 e. The number of nitro benzene ring substituents is 1. The maximum Gasteiger partial charge on any atom is 0.417 e. The molecule has 0 unspecified atom stereocenters. The predicted molar refractivity (Wildman–Crippen MR) is 117 cm³/mol. The molecule has 3 rings (SSSR count). The van der Waals surface area contributed by atoms with Gasteiger partial charge in [0, 0.05) is 12.1 Å². The maximum atomic E-state index is 13.1. The van der Waals surface area contributed by atoms with Crippen molar-refractivity contribution < 1.29 is 32.4 Å². The van der Waals surface area contributed by atoms with Crippen molar-refractivity contribution in [2.24, 2.45) is 5.10 Å². The third-order valence-electron chi connectivity index (χ3n) is 4.59. The molecule has 0 bridgehead atoms. The number of carbonyl (C=O) groups is 1. The van der Waals surface area contributed by atoms with Crippen LogP contribution in [0.3, 0.4) is 0 Å². The summed E-state index contributed by atoms with van der Waals surface area (Å²) in [5, 5.41) is 14.4. The van der Waals surface area contributed by atoms with Gasteiger partial charge in [-0.3, -0.25) is 14.9 Å². The van der Waals surface area contributed by atoms with Gasteiger partial charge in [-0.25, -0.2) is 5.43 Å². The molecule has 0 aliphatic heterocycles. The van der Waals surface area contributed by atoms with Crippen molar-refractivity contribution in [3.8, 4) is 11.5 Å². The molecule has 34 heavy (non-hydrogen) atoms. The number of hydrogen-bond donors (Lipinski definition) is 1. The largest absolute Gasteiger partial charge is 0.493 e. The second kappa shape index (κ2) is 10.5. The fourth-order valence-corrected chi connectivity index (χ4v) is 2.91. The van der Waals surface area contributed by atoms with Crippen LogP contribution in [0.2, 0.25) is 0 Å². The Morgan fingerprint density at radius 3 is 2.44 bits per heavy atom. The quantitative estimate of drug-likeness (QED) is 0.283. The highest BCUT2D eigenvalue weighted by molar-refractivity contribution is 5.96. The lowest BCUT2D eigenvalue weighted by molar-refractivity contribution is -0.384. The Morgan fingerprint density at radius 1 is 1.09 bits per heavy atom. The number of methoxy groups -OCH3 is 1. The molecule has 11 heteroatoms. The first-order valence-corrected chi connectivity index (χ1v) is 9.73. The molecule has 1 amide bonds. The number of carbonyl (C=O) groups excluding carboxylic acids is 1. The van der Waals surface area contributed by atoms with Gasteiger partial charge in [0.05, 0.1) is 29.4 Å². The van der Waals surface area contributed by atoms with Crippen LogP contribution in [0.25, 0.3) is 0 Å². The Balaban J connectivity index is 1.65. The second-order valence-corrected chi connectivity index (χ2v) is 6.86. The number of nitrogens with one attached hydrogen (secondary N) is 1. The van der Waals surface area contributed by atoms with Crippen molar-refractivity contribution in [3.05, 3.63) is 99.1 Å². The summed E-state index contributed by atoms with van der Waals surface area (Å²) >= 11 is 0. The van der Waals surface area contributed by atoms with Gasteiger partial charge in [-0.05, 0) is 53.6 Å². The van der Waals surface area contributed by atoms with Crippen molar-refractivity contribution in [3.63, 3.8) is 0 Å². The van der Waals surface area contributed by atoms with E-state index in [-0.39, 0.29) is 12.3 Å². The molecule has 0 radical (unpaired) electrons. The summed E-state index contributed by atoms with van der Waals surface area (Å²) in [7, 11) is 1.42. The van der Waals surface area contributed by atoms with Crippen molar-refractivity contribution in [1.29, 1.82) is 0 Å². The second-order valence-electron chi connectivity index (χ2n) is 6.86. The number of non-ortho nitro benzene ring substituents is 1. The molecule has 0 saturated carbocycles. The molecule has 0 spiro atoms. The fraction of sp³-hybridized carbons (Fsp3) is 0.130. The average Bonchev–Trinajstić information content (AvgIpc) is 2.82. The molecule has 8 nitrogen and oxygen atoms in total. The maximum absolute atomic E-state index is 13.1. The standard InChI is InChI=1S/C23H18F3N3O5/c1-33-21-12-16(8-11-20(21)34-14-15-6-9-17(10-7-15)29(31)32)13-27-28-22(30)18-4-2-3-5-19(18)23(24,25)26/h2-13H,14H2,1H3,(H,28,30)/b27-13+. The van der Waals surface area contributed by atoms with Crippen molar-refractivity contribution in [2.75, 3.05) is 7.11 Å². The third kappa shape index (κ3) is 6.09. The number of ether oxygens (including phenoxy) is 2. The van der Waals surface area contributed by atoms with Crippen LogP contribution in [-0.4, -0.2) is 24.2 Å². The van der Waals surface area contributed by atoms with Crippen LogP contribution in [0.1, 0.15) is 27.0 Å². The number of halogens is 3. The molecule has 176 valence electrons. The number of benzene rings is 3. The summed E-state index contributed by atoms with van der Waals surface area (Å²) in [6, 6.07) is 15.1. The SMILES string of the molecule is COc1cc(/C=N/NC(=O)c2ccccc2C(F)(F)F)ccc1OCc1ccc([N+](=O)[O-])cc1. The molecule has 0 aliphatic rings. The highest BCUT2D eigenvalue weighted by atomic mass is 19.4. The van der Waals surface area contributed by atoms with E-state index in [1.165, 1.54) is 37.6 Å². The Hall–Kier alpha value is -4.41. The first-order chi connectivity index (χ1) is 16.2. The van der Waals surface area contributed by atoms with Crippen LogP contribution in [-0.2, 0) is 12.8 Å². The minimum absolute atomic E-state index is 0.0287. The first kappa shape index (κ1) is 24.2. The van der Waals surface area contributed by atoms with E-state index in [2.05, 4.69) is 10.5 Å². The Morgan fingerprint density at radius 2 is 1.79 bits per heavy atom. The molecule has 3 aromatic carbocycles. The molecule has 0 heterocycles. The number of nitro groups is 1. The van der Waals surface area contributed by atoms with Gasteiger partial charge in [-0.2, -0.15) is 18.3 Å². The molecule has 1 N–H and O–H groups in total. The molecule has 0 aliphatic carbocycles. The molecule has 0 aromatic heterocycles. The van der Waals surface area contributed by atoms with Gasteiger partial charge < -0.3 is 9.47 Å². The van der Waals surface area contributed by atoms with E-state index in [4.69, 9.17) is 9.47 Å². The van der Waals surface area contributed by atoms with Crippen LogP contribution in [0.4, 0.5) is 18.9 Å². The lowest BCUT2D eigenvalue weighted by atomic mass is 10.1. The predicted octanol–water partition coefficient (Wildman–Crippen LogP) is 4.97. The molecule has 0 fully saturated rings. The fourth-order valence-electron chi connectivity index (χ4n) is 2.91. The lowest BCUT2D eigenvalue weighted by Crippen LogP contribution is -2.22. The zero-order valence-corrected chi connectivity index (χ0v) is 17.7. The van der Waals surface area contributed by atoms with E-state index in [0.29, 0.717) is 22.6 Å². The Bertz CT molecular complexity index is 1210. The van der Waals surface area contributed by atoms with Gasteiger partial charge >= 0.3 is 6.18 Å². The number of amides is 1. The Kier molecular flexibility index (Phi) is 7.46. The van der Waals surface area contributed by atoms with Crippen LogP contribution < -0.4 is 14.9 Å². The van der Waals surface area contributed by atoms with E-state index >= 15 is 0 Å². The van der Waals surface area contributed by atoms with Crippen LogP contribution >= 0.6 is 0 Å². The third-order valence-corrected chi connectivity index (χ3v) is 4.59. The molecule has 0 atom stereocenters. The van der Waals surface area contributed by atoms with Crippen molar-refractivity contribution in [1.82, 2.24) is 5.43 Å². The number of hydrogen-bond acceptors (Lipinski definition) is 6. The molecule has 0 saturated heterocycles. The molecule has 3 aromatic rings. The molecular formula is C23H18F3N3O5. The Labute approximate surface area is 191 Å².